The van der Waals surface area contributed by atoms with Crippen LogP contribution in [0.3, 0.4) is 0 Å². The zero-order valence-corrected chi connectivity index (χ0v) is 18.3. The molecule has 0 heterocycles. The molecule has 0 atom stereocenters. The van der Waals surface area contributed by atoms with E-state index < -0.39 is 5.83 Å². The average Bonchev–Trinajstić information content (AvgIpc) is 2.53. The van der Waals surface area contributed by atoms with Gasteiger partial charge in [0.15, 0.2) is 12.1 Å². The van der Waals surface area contributed by atoms with Gasteiger partial charge in [-0.3, -0.25) is 4.79 Å². The van der Waals surface area contributed by atoms with Crippen LogP contribution < -0.4 is 4.74 Å². The highest BCUT2D eigenvalue weighted by molar-refractivity contribution is 9.10. The van der Waals surface area contributed by atoms with Crippen LogP contribution in [0.1, 0.15) is 71.6 Å². The van der Waals surface area contributed by atoms with Crippen LogP contribution in [0.2, 0.25) is 0 Å². The highest BCUT2D eigenvalue weighted by atomic mass is 79.9. The minimum atomic E-state index is -0.769. The van der Waals surface area contributed by atoms with Crippen molar-refractivity contribution in [2.75, 3.05) is 6.61 Å². The molecule has 0 aliphatic heterocycles. The van der Waals surface area contributed by atoms with Gasteiger partial charge in [0.25, 0.3) is 0 Å². The third-order valence-electron chi connectivity index (χ3n) is 4.97. The molecule has 0 spiro atoms. The Labute approximate surface area is 164 Å². The normalized spacial score (nSPS) is 17.2. The molecule has 1 aliphatic rings. The summed E-state index contributed by atoms with van der Waals surface area (Å²) in [6.07, 6.45) is 3.46. The number of ether oxygens (including phenoxy) is 1. The monoisotopic (exact) mass is 422 g/mol. The van der Waals surface area contributed by atoms with Gasteiger partial charge in [-0.2, -0.15) is 0 Å². The van der Waals surface area contributed by atoms with Crippen LogP contribution in [0.25, 0.3) is 11.1 Å². The number of allylic oxidation sites excluding steroid dienone is 4. The van der Waals surface area contributed by atoms with E-state index in [1.54, 1.807) is 6.92 Å². The Morgan fingerprint density at radius 1 is 1.38 bits per heavy atom. The van der Waals surface area contributed by atoms with E-state index in [0.29, 0.717) is 23.5 Å². The van der Waals surface area contributed by atoms with Gasteiger partial charge in [-0.25, -0.2) is 4.39 Å². The number of rotatable bonds is 4. The van der Waals surface area contributed by atoms with Crippen LogP contribution in [0.15, 0.2) is 22.4 Å². The predicted molar refractivity (Wildman–Crippen MR) is 110 cm³/mol. The fourth-order valence-electron chi connectivity index (χ4n) is 3.57. The maximum absolute atomic E-state index is 14.1. The number of carbonyl (C=O) groups is 1. The van der Waals surface area contributed by atoms with Crippen LogP contribution in [0, 0.1) is 5.41 Å². The van der Waals surface area contributed by atoms with Crippen LogP contribution in [-0.2, 0) is 10.2 Å². The number of carbonyl (C=O) groups excluding carboxylic acids is 1. The Kier molecular flexibility index (Phi) is 5.86. The molecule has 0 aromatic heterocycles. The van der Waals surface area contributed by atoms with Crippen LogP contribution >= 0.6 is 15.9 Å². The lowest BCUT2D eigenvalue weighted by Crippen LogP contribution is -2.26. The highest BCUT2D eigenvalue weighted by Gasteiger charge is 2.36. The van der Waals surface area contributed by atoms with E-state index in [1.807, 2.05) is 13.0 Å². The van der Waals surface area contributed by atoms with Gasteiger partial charge in [0.2, 0.25) is 0 Å². The summed E-state index contributed by atoms with van der Waals surface area (Å²) in [6, 6.07) is 1.99. The minimum Gasteiger partial charge on any atom is -0.492 e. The van der Waals surface area contributed by atoms with Crippen molar-refractivity contribution in [3.8, 4) is 5.75 Å². The molecule has 1 aromatic rings. The number of halogens is 2. The molecule has 0 bridgehead atoms. The molecule has 0 radical (unpaired) electrons. The molecule has 0 fully saturated rings. The number of hydrogen-bond acceptors (Lipinski definition) is 2. The van der Waals surface area contributed by atoms with Gasteiger partial charge in [-0.05, 0) is 75.4 Å². The summed E-state index contributed by atoms with van der Waals surface area (Å²) in [6.45, 7) is 14.9. The SMILES string of the molecule is CCOc1c(/C(C)=C(/F)C=O)cc2c(c1Br)C(C)(C)CC=C2C(C)(C)C. The summed E-state index contributed by atoms with van der Waals surface area (Å²) < 4.78 is 20.8. The molecule has 2 rings (SSSR count). The first-order valence-corrected chi connectivity index (χ1v) is 9.77. The van der Waals surface area contributed by atoms with E-state index >= 15 is 0 Å². The lowest BCUT2D eigenvalue weighted by molar-refractivity contribution is -0.106. The van der Waals surface area contributed by atoms with Gasteiger partial charge >= 0.3 is 0 Å². The molecule has 4 heteroatoms. The van der Waals surface area contributed by atoms with E-state index in [0.717, 1.165) is 16.5 Å². The molecule has 0 amide bonds. The van der Waals surface area contributed by atoms with E-state index in [1.165, 1.54) is 11.1 Å². The summed E-state index contributed by atoms with van der Waals surface area (Å²) >= 11 is 3.74. The highest BCUT2D eigenvalue weighted by Crippen LogP contribution is 2.52. The van der Waals surface area contributed by atoms with Crippen molar-refractivity contribution in [3.05, 3.63) is 39.1 Å². The van der Waals surface area contributed by atoms with Gasteiger partial charge in [-0.1, -0.05) is 40.7 Å². The lowest BCUT2D eigenvalue weighted by atomic mass is 9.67. The Balaban J connectivity index is 2.94. The zero-order valence-electron chi connectivity index (χ0n) is 16.7. The molecule has 1 aromatic carbocycles. The van der Waals surface area contributed by atoms with E-state index in [-0.39, 0.29) is 17.1 Å². The van der Waals surface area contributed by atoms with Gasteiger partial charge in [0, 0.05) is 5.56 Å². The zero-order chi connectivity index (χ0) is 19.9. The van der Waals surface area contributed by atoms with Crippen molar-refractivity contribution < 1.29 is 13.9 Å². The van der Waals surface area contributed by atoms with Crippen molar-refractivity contribution in [3.63, 3.8) is 0 Å². The predicted octanol–water partition coefficient (Wildman–Crippen LogP) is 6.86. The molecular weight excluding hydrogens is 395 g/mol. The second-order valence-electron chi connectivity index (χ2n) is 8.47. The first-order valence-electron chi connectivity index (χ1n) is 8.98. The molecule has 26 heavy (non-hydrogen) atoms. The third-order valence-corrected chi connectivity index (χ3v) is 5.72. The topological polar surface area (TPSA) is 26.3 Å². The second kappa shape index (κ2) is 7.30. The first kappa shape index (κ1) is 20.9. The Bertz CT molecular complexity index is 795. The van der Waals surface area contributed by atoms with Crippen LogP contribution in [0.5, 0.6) is 5.75 Å². The molecule has 0 saturated carbocycles. The number of fused-ring (bicyclic) bond motifs is 1. The lowest BCUT2D eigenvalue weighted by Gasteiger charge is -2.38. The number of hydrogen-bond donors (Lipinski definition) is 0. The van der Waals surface area contributed by atoms with E-state index in [4.69, 9.17) is 4.74 Å². The van der Waals surface area contributed by atoms with Crippen molar-refractivity contribution >= 4 is 33.4 Å². The average molecular weight is 423 g/mol. The maximum atomic E-state index is 14.1. The molecule has 0 saturated heterocycles. The van der Waals surface area contributed by atoms with Gasteiger partial charge in [-0.15, -0.1) is 0 Å². The maximum Gasteiger partial charge on any atom is 0.178 e. The van der Waals surface area contributed by atoms with E-state index in [2.05, 4.69) is 56.6 Å². The largest absolute Gasteiger partial charge is 0.492 e. The smallest absolute Gasteiger partial charge is 0.178 e. The summed E-state index contributed by atoms with van der Waals surface area (Å²) in [4.78, 5) is 11.0. The van der Waals surface area contributed by atoms with Gasteiger partial charge < -0.3 is 4.74 Å². The summed E-state index contributed by atoms with van der Waals surface area (Å²) in [5.74, 6) is -0.168. The number of benzene rings is 1. The molecule has 1 aliphatic carbocycles. The number of aldehydes is 1. The van der Waals surface area contributed by atoms with Crippen LogP contribution in [0.4, 0.5) is 4.39 Å². The third kappa shape index (κ3) is 3.66. The second-order valence-corrected chi connectivity index (χ2v) is 9.26. The Morgan fingerprint density at radius 2 is 2.00 bits per heavy atom. The van der Waals surface area contributed by atoms with Crippen molar-refractivity contribution in [1.82, 2.24) is 0 Å². The molecule has 0 N–H and O–H groups in total. The van der Waals surface area contributed by atoms with Gasteiger partial charge in [0.05, 0.1) is 11.1 Å². The molecule has 2 nitrogen and oxygen atoms in total. The quantitative estimate of drug-likeness (QED) is 0.391. The van der Waals surface area contributed by atoms with Crippen LogP contribution in [-0.4, -0.2) is 12.9 Å². The summed E-state index contributed by atoms with van der Waals surface area (Å²) in [5, 5.41) is 0. The minimum absolute atomic E-state index is 0.0457. The summed E-state index contributed by atoms with van der Waals surface area (Å²) in [5.41, 5.74) is 4.30. The van der Waals surface area contributed by atoms with Crippen molar-refractivity contribution in [1.29, 1.82) is 0 Å². The fourth-order valence-corrected chi connectivity index (χ4v) is 4.64. The van der Waals surface area contributed by atoms with E-state index in [9.17, 15) is 9.18 Å². The van der Waals surface area contributed by atoms with Gasteiger partial charge in [0.1, 0.15) is 5.75 Å². The van der Waals surface area contributed by atoms with Crippen molar-refractivity contribution in [2.24, 2.45) is 5.41 Å². The standard InChI is InChI=1S/C22H28BrFO2/c1-8-26-20-14(13(2)17(24)12-25)11-15-16(21(3,4)5)9-10-22(6,7)18(15)19(20)23/h9,11-12H,8,10H2,1-7H3/b17-13+. The summed E-state index contributed by atoms with van der Waals surface area (Å²) in [7, 11) is 0. The van der Waals surface area contributed by atoms with Crippen molar-refractivity contribution in [2.45, 2.75) is 60.3 Å². The molecule has 142 valence electrons. The Morgan fingerprint density at radius 3 is 2.50 bits per heavy atom. The fraction of sp³-hybridized carbons (Fsp3) is 0.500. The molecular formula is C22H28BrFO2. The Hall–Kier alpha value is -1.42. The molecule has 0 unspecified atom stereocenters. The first-order chi connectivity index (χ1) is 12.0.